The topological polar surface area (TPSA) is 41.1 Å². The number of carbonyl (C=O) groups is 1. The first-order chi connectivity index (χ1) is 8.13. The van der Waals surface area contributed by atoms with E-state index in [2.05, 4.69) is 24.5 Å². The van der Waals surface area contributed by atoms with E-state index in [4.69, 9.17) is 0 Å². The van der Waals surface area contributed by atoms with Gasteiger partial charge < -0.3 is 10.6 Å². The summed E-state index contributed by atoms with van der Waals surface area (Å²) in [5, 5.41) is 6.41. The van der Waals surface area contributed by atoms with Crippen molar-refractivity contribution >= 4 is 5.91 Å². The molecule has 0 aromatic heterocycles. The quantitative estimate of drug-likeness (QED) is 0.717. The van der Waals surface area contributed by atoms with Gasteiger partial charge in [-0.2, -0.15) is 0 Å². The largest absolute Gasteiger partial charge is 0.352 e. The van der Waals surface area contributed by atoms with Crippen molar-refractivity contribution in [3.63, 3.8) is 0 Å². The smallest absolute Gasteiger partial charge is 0.237 e. The molecular formula is C14H28N2O. The van der Waals surface area contributed by atoms with Crippen LogP contribution in [0.3, 0.4) is 0 Å². The minimum absolute atomic E-state index is 0.0603. The lowest BCUT2D eigenvalue weighted by atomic mass is 10.1. The van der Waals surface area contributed by atoms with Crippen molar-refractivity contribution in [3.8, 4) is 0 Å². The van der Waals surface area contributed by atoms with E-state index in [0.717, 1.165) is 25.3 Å². The highest BCUT2D eigenvalue weighted by molar-refractivity contribution is 5.81. The molecule has 2 atom stereocenters. The molecule has 1 fully saturated rings. The van der Waals surface area contributed by atoms with E-state index < -0.39 is 0 Å². The van der Waals surface area contributed by atoms with E-state index in [-0.39, 0.29) is 11.9 Å². The second-order valence-corrected chi connectivity index (χ2v) is 5.48. The molecule has 17 heavy (non-hydrogen) atoms. The molecule has 2 unspecified atom stereocenters. The van der Waals surface area contributed by atoms with Crippen molar-refractivity contribution in [1.29, 1.82) is 0 Å². The highest BCUT2D eigenvalue weighted by Gasteiger charge is 2.18. The Balaban J connectivity index is 2.16. The van der Waals surface area contributed by atoms with Gasteiger partial charge in [-0.3, -0.25) is 4.79 Å². The van der Waals surface area contributed by atoms with E-state index in [1.165, 1.54) is 25.7 Å². The fraction of sp³-hybridized carbons (Fsp3) is 0.929. The molecule has 1 saturated carbocycles. The van der Waals surface area contributed by atoms with Crippen LogP contribution in [-0.2, 0) is 4.79 Å². The van der Waals surface area contributed by atoms with Crippen molar-refractivity contribution in [2.24, 2.45) is 5.92 Å². The van der Waals surface area contributed by atoms with Gasteiger partial charge in [0.1, 0.15) is 0 Å². The van der Waals surface area contributed by atoms with Gasteiger partial charge in [-0.25, -0.2) is 0 Å². The summed E-state index contributed by atoms with van der Waals surface area (Å²) in [6, 6.07) is 0.234. The van der Waals surface area contributed by atoms with E-state index in [9.17, 15) is 4.79 Å². The predicted octanol–water partition coefficient (Wildman–Crippen LogP) is 2.46. The number of nitrogens with one attached hydrogen (secondary N) is 2. The Bertz CT molecular complexity index is 224. The number of amides is 1. The Morgan fingerprint density at radius 3 is 2.53 bits per heavy atom. The van der Waals surface area contributed by atoms with Crippen LogP contribution in [0.4, 0.5) is 0 Å². The number of rotatable bonds is 7. The van der Waals surface area contributed by atoms with Crippen molar-refractivity contribution < 1.29 is 4.79 Å². The highest BCUT2D eigenvalue weighted by Crippen LogP contribution is 2.23. The van der Waals surface area contributed by atoms with Crippen LogP contribution in [0.15, 0.2) is 0 Å². The molecule has 0 aliphatic heterocycles. The van der Waals surface area contributed by atoms with Crippen LogP contribution >= 0.6 is 0 Å². The van der Waals surface area contributed by atoms with E-state index in [1.54, 1.807) is 0 Å². The van der Waals surface area contributed by atoms with E-state index >= 15 is 0 Å². The zero-order valence-corrected chi connectivity index (χ0v) is 11.6. The molecule has 1 rings (SSSR count). The second-order valence-electron chi connectivity index (χ2n) is 5.48. The summed E-state index contributed by atoms with van der Waals surface area (Å²) in [4.78, 5) is 11.9. The summed E-state index contributed by atoms with van der Waals surface area (Å²) in [6.45, 7) is 7.18. The third-order valence-corrected chi connectivity index (χ3v) is 3.69. The number of hydrogen-bond donors (Lipinski definition) is 2. The minimum Gasteiger partial charge on any atom is -0.352 e. The molecular weight excluding hydrogens is 212 g/mol. The van der Waals surface area contributed by atoms with Gasteiger partial charge in [0, 0.05) is 6.04 Å². The summed E-state index contributed by atoms with van der Waals surface area (Å²) in [7, 11) is 0. The summed E-state index contributed by atoms with van der Waals surface area (Å²) >= 11 is 0. The first-order valence-electron chi connectivity index (χ1n) is 7.17. The van der Waals surface area contributed by atoms with Gasteiger partial charge in [0.05, 0.1) is 6.04 Å². The molecule has 0 radical (unpaired) electrons. The third-order valence-electron chi connectivity index (χ3n) is 3.69. The summed E-state index contributed by atoms with van der Waals surface area (Å²) in [5.74, 6) is 0.933. The fourth-order valence-corrected chi connectivity index (χ4v) is 2.52. The van der Waals surface area contributed by atoms with E-state index in [0.29, 0.717) is 6.04 Å². The van der Waals surface area contributed by atoms with Crippen molar-refractivity contribution in [3.05, 3.63) is 0 Å². The lowest BCUT2D eigenvalue weighted by molar-refractivity contribution is -0.123. The molecule has 0 aromatic rings. The Hall–Kier alpha value is -0.570. The van der Waals surface area contributed by atoms with Gasteiger partial charge in [-0.15, -0.1) is 0 Å². The molecule has 2 N–H and O–H groups in total. The van der Waals surface area contributed by atoms with E-state index in [1.807, 2.05) is 6.92 Å². The first-order valence-corrected chi connectivity index (χ1v) is 7.17. The van der Waals surface area contributed by atoms with Crippen LogP contribution in [-0.4, -0.2) is 24.5 Å². The average molecular weight is 240 g/mol. The molecule has 0 aromatic carbocycles. The predicted molar refractivity (Wildman–Crippen MR) is 71.9 cm³/mol. The molecule has 1 aliphatic carbocycles. The molecule has 100 valence electrons. The van der Waals surface area contributed by atoms with Gasteiger partial charge in [-0.1, -0.05) is 26.2 Å². The Kier molecular flexibility index (Phi) is 6.56. The fourth-order valence-electron chi connectivity index (χ4n) is 2.52. The second kappa shape index (κ2) is 7.70. The normalized spacial score (nSPS) is 20.2. The van der Waals surface area contributed by atoms with Crippen molar-refractivity contribution in [2.45, 2.75) is 71.4 Å². The first kappa shape index (κ1) is 14.5. The molecule has 3 nitrogen and oxygen atoms in total. The highest BCUT2D eigenvalue weighted by atomic mass is 16.2. The van der Waals surface area contributed by atoms with Gasteiger partial charge in [0.2, 0.25) is 5.91 Å². The monoisotopic (exact) mass is 240 g/mol. The van der Waals surface area contributed by atoms with Gasteiger partial charge in [-0.05, 0) is 45.6 Å². The SMILES string of the molecule is CCCC(C)NC(=O)C(C)NCC1CCCC1. The molecule has 0 spiro atoms. The molecule has 1 aliphatic rings. The van der Waals surface area contributed by atoms with Gasteiger partial charge >= 0.3 is 0 Å². The third kappa shape index (κ3) is 5.53. The van der Waals surface area contributed by atoms with Crippen molar-refractivity contribution in [1.82, 2.24) is 10.6 Å². The maximum absolute atomic E-state index is 11.9. The summed E-state index contributed by atoms with van der Waals surface area (Å²) in [5.41, 5.74) is 0. The lowest BCUT2D eigenvalue weighted by Gasteiger charge is -2.19. The van der Waals surface area contributed by atoms with Crippen molar-refractivity contribution in [2.75, 3.05) is 6.54 Å². The molecule has 0 bridgehead atoms. The molecule has 3 heteroatoms. The Morgan fingerprint density at radius 1 is 1.29 bits per heavy atom. The van der Waals surface area contributed by atoms with Crippen LogP contribution in [0.1, 0.15) is 59.3 Å². The lowest BCUT2D eigenvalue weighted by Crippen LogP contribution is -2.46. The molecule has 0 heterocycles. The minimum atomic E-state index is -0.0603. The standard InChI is InChI=1S/C14H28N2O/c1-4-7-11(2)16-14(17)12(3)15-10-13-8-5-6-9-13/h11-13,15H,4-10H2,1-3H3,(H,16,17). The van der Waals surface area contributed by atoms with Crippen LogP contribution in [0, 0.1) is 5.92 Å². The molecule has 0 saturated heterocycles. The number of carbonyl (C=O) groups excluding carboxylic acids is 1. The molecule has 1 amide bonds. The van der Waals surface area contributed by atoms with Crippen LogP contribution < -0.4 is 10.6 Å². The van der Waals surface area contributed by atoms with Crippen LogP contribution in [0.2, 0.25) is 0 Å². The average Bonchev–Trinajstić information content (AvgIpc) is 2.78. The zero-order chi connectivity index (χ0) is 12.7. The van der Waals surface area contributed by atoms with Gasteiger partial charge in [0.25, 0.3) is 0 Å². The zero-order valence-electron chi connectivity index (χ0n) is 11.6. The Morgan fingerprint density at radius 2 is 1.94 bits per heavy atom. The van der Waals surface area contributed by atoms with Gasteiger partial charge in [0.15, 0.2) is 0 Å². The Labute approximate surface area is 106 Å². The van der Waals surface area contributed by atoms with Crippen LogP contribution in [0.5, 0.6) is 0 Å². The maximum atomic E-state index is 11.9. The number of hydrogen-bond acceptors (Lipinski definition) is 2. The van der Waals surface area contributed by atoms with Crippen LogP contribution in [0.25, 0.3) is 0 Å². The maximum Gasteiger partial charge on any atom is 0.237 e. The summed E-state index contributed by atoms with van der Waals surface area (Å²) in [6.07, 6.45) is 7.55. The summed E-state index contributed by atoms with van der Waals surface area (Å²) < 4.78 is 0.